The van der Waals surface area contributed by atoms with E-state index in [2.05, 4.69) is 4.74 Å². The van der Waals surface area contributed by atoms with E-state index in [9.17, 15) is 18.0 Å². The van der Waals surface area contributed by atoms with Crippen molar-refractivity contribution in [3.63, 3.8) is 0 Å². The smallest absolute Gasteiger partial charge is 0.322 e. The van der Waals surface area contributed by atoms with E-state index in [0.717, 1.165) is 6.42 Å². The van der Waals surface area contributed by atoms with Crippen molar-refractivity contribution in [2.45, 2.75) is 39.2 Å². The molecule has 0 radical (unpaired) electrons. The van der Waals surface area contributed by atoms with Gasteiger partial charge in [-0.05, 0) is 13.3 Å². The van der Waals surface area contributed by atoms with E-state index in [0.29, 0.717) is 6.42 Å². The summed E-state index contributed by atoms with van der Waals surface area (Å²) >= 11 is 0. The van der Waals surface area contributed by atoms with Crippen LogP contribution in [0, 0.1) is 0 Å². The Morgan fingerprint density at radius 3 is 2.39 bits per heavy atom. The molecule has 106 valence electrons. The second-order valence-corrected chi connectivity index (χ2v) is 5.47. The molecule has 0 unspecified atom stereocenters. The van der Waals surface area contributed by atoms with E-state index in [1.54, 1.807) is 6.92 Å². The average Bonchev–Trinajstić information content (AvgIpc) is 2.23. The van der Waals surface area contributed by atoms with Crippen LogP contribution in [-0.2, 0) is 24.3 Å². The summed E-state index contributed by atoms with van der Waals surface area (Å²) in [7, 11) is -3.98. The van der Waals surface area contributed by atoms with E-state index in [1.165, 1.54) is 0 Å². The van der Waals surface area contributed by atoms with Crippen molar-refractivity contribution in [3.8, 4) is 0 Å². The molecular weight excluding hydrogens is 262 g/mol. The number of carbonyl (C=O) groups is 2. The van der Waals surface area contributed by atoms with Crippen LogP contribution < -0.4 is 4.72 Å². The Hall–Kier alpha value is -1.15. The van der Waals surface area contributed by atoms with Crippen LogP contribution in [0.5, 0.6) is 0 Å². The highest BCUT2D eigenvalue weighted by atomic mass is 32.2. The van der Waals surface area contributed by atoms with Gasteiger partial charge in [-0.2, -0.15) is 0 Å². The van der Waals surface area contributed by atoms with Crippen molar-refractivity contribution in [2.24, 2.45) is 0 Å². The molecular formula is C10H19NO6S. The summed E-state index contributed by atoms with van der Waals surface area (Å²) in [6.45, 7) is 3.50. The Labute approximate surface area is 107 Å². The molecule has 0 bridgehead atoms. The number of rotatable bonds is 9. The van der Waals surface area contributed by atoms with Crippen molar-refractivity contribution >= 4 is 22.0 Å². The van der Waals surface area contributed by atoms with Crippen molar-refractivity contribution in [1.82, 2.24) is 4.72 Å². The molecule has 0 saturated carbocycles. The zero-order valence-electron chi connectivity index (χ0n) is 10.5. The minimum atomic E-state index is -3.98. The number of esters is 1. The van der Waals surface area contributed by atoms with Crippen LogP contribution >= 0.6 is 0 Å². The van der Waals surface area contributed by atoms with Gasteiger partial charge in [0.2, 0.25) is 10.0 Å². The SMILES string of the molecule is CCCC[C@H](NS(=O)(=O)CC(=O)OCC)C(=O)O. The van der Waals surface area contributed by atoms with Gasteiger partial charge in [-0.1, -0.05) is 19.8 Å². The van der Waals surface area contributed by atoms with E-state index in [1.807, 2.05) is 11.6 Å². The quantitative estimate of drug-likeness (QED) is 0.581. The third kappa shape index (κ3) is 7.23. The fourth-order valence-corrected chi connectivity index (χ4v) is 2.39. The summed E-state index contributed by atoms with van der Waals surface area (Å²) in [5, 5.41) is 8.86. The van der Waals surface area contributed by atoms with E-state index < -0.39 is 33.8 Å². The summed E-state index contributed by atoms with van der Waals surface area (Å²) in [5.74, 6) is -3.02. The lowest BCUT2D eigenvalue weighted by Crippen LogP contribution is -2.43. The lowest BCUT2D eigenvalue weighted by molar-refractivity contribution is -0.141. The zero-order valence-corrected chi connectivity index (χ0v) is 11.3. The number of hydrogen-bond donors (Lipinski definition) is 2. The highest BCUT2D eigenvalue weighted by molar-refractivity contribution is 7.90. The standard InChI is InChI=1S/C10H19NO6S/c1-3-5-6-8(10(13)14)11-18(15,16)7-9(12)17-4-2/h8,11H,3-7H2,1-2H3,(H,13,14)/t8-/m0/s1. The molecule has 0 aromatic rings. The van der Waals surface area contributed by atoms with Gasteiger partial charge < -0.3 is 9.84 Å². The second-order valence-electron chi connectivity index (χ2n) is 3.72. The lowest BCUT2D eigenvalue weighted by Gasteiger charge is -2.13. The number of carboxylic acid groups (broad SMARTS) is 1. The fraction of sp³-hybridized carbons (Fsp3) is 0.800. The van der Waals surface area contributed by atoms with Gasteiger partial charge in [0.1, 0.15) is 6.04 Å². The largest absolute Gasteiger partial charge is 0.480 e. The molecule has 1 atom stereocenters. The van der Waals surface area contributed by atoms with Gasteiger partial charge >= 0.3 is 11.9 Å². The summed E-state index contributed by atoms with van der Waals surface area (Å²) in [6.07, 6.45) is 1.52. The van der Waals surface area contributed by atoms with Crippen LogP contribution in [0.1, 0.15) is 33.1 Å². The molecule has 18 heavy (non-hydrogen) atoms. The van der Waals surface area contributed by atoms with Crippen LogP contribution in [0.4, 0.5) is 0 Å². The first kappa shape index (κ1) is 16.9. The third-order valence-corrected chi connectivity index (χ3v) is 3.34. The Balaban J connectivity index is 4.51. The van der Waals surface area contributed by atoms with Crippen LogP contribution in [0.15, 0.2) is 0 Å². The van der Waals surface area contributed by atoms with Gasteiger partial charge in [-0.15, -0.1) is 0 Å². The Morgan fingerprint density at radius 2 is 1.94 bits per heavy atom. The van der Waals surface area contributed by atoms with Gasteiger partial charge in [0, 0.05) is 0 Å². The van der Waals surface area contributed by atoms with E-state index in [-0.39, 0.29) is 13.0 Å². The van der Waals surface area contributed by atoms with Crippen LogP contribution in [0.25, 0.3) is 0 Å². The monoisotopic (exact) mass is 281 g/mol. The van der Waals surface area contributed by atoms with Crippen LogP contribution in [0.3, 0.4) is 0 Å². The van der Waals surface area contributed by atoms with Crippen molar-refractivity contribution in [2.75, 3.05) is 12.4 Å². The first-order valence-electron chi connectivity index (χ1n) is 5.70. The number of unbranched alkanes of at least 4 members (excludes halogenated alkanes) is 1. The lowest BCUT2D eigenvalue weighted by atomic mass is 10.1. The number of nitrogens with one attached hydrogen (secondary N) is 1. The summed E-state index contributed by atoms with van der Waals surface area (Å²) in [6, 6.07) is -1.20. The highest BCUT2D eigenvalue weighted by Gasteiger charge is 2.25. The molecule has 0 fully saturated rings. The Morgan fingerprint density at radius 1 is 1.33 bits per heavy atom. The molecule has 0 amide bonds. The Kier molecular flexibility index (Phi) is 7.53. The van der Waals surface area contributed by atoms with E-state index in [4.69, 9.17) is 5.11 Å². The molecule has 7 nitrogen and oxygen atoms in total. The van der Waals surface area contributed by atoms with Crippen molar-refractivity contribution in [1.29, 1.82) is 0 Å². The van der Waals surface area contributed by atoms with Crippen molar-refractivity contribution < 1.29 is 27.9 Å². The molecule has 0 aromatic heterocycles. The van der Waals surface area contributed by atoms with Crippen molar-refractivity contribution in [3.05, 3.63) is 0 Å². The number of sulfonamides is 1. The summed E-state index contributed by atoms with van der Waals surface area (Å²) in [4.78, 5) is 21.9. The normalized spacial score (nSPS) is 13.0. The van der Waals surface area contributed by atoms with E-state index >= 15 is 0 Å². The summed E-state index contributed by atoms with van der Waals surface area (Å²) in [5.41, 5.74) is 0. The molecule has 0 aliphatic carbocycles. The highest BCUT2D eigenvalue weighted by Crippen LogP contribution is 2.03. The third-order valence-electron chi connectivity index (χ3n) is 2.08. The van der Waals surface area contributed by atoms with Gasteiger partial charge in [0.05, 0.1) is 6.61 Å². The zero-order chi connectivity index (χ0) is 14.2. The number of ether oxygens (including phenoxy) is 1. The van der Waals surface area contributed by atoms with Gasteiger partial charge in [-0.25, -0.2) is 13.1 Å². The Bertz CT molecular complexity index is 378. The van der Waals surface area contributed by atoms with Crippen LogP contribution in [-0.4, -0.2) is 43.9 Å². The minimum absolute atomic E-state index is 0.0759. The van der Waals surface area contributed by atoms with Gasteiger partial charge in [0.25, 0.3) is 0 Å². The molecule has 0 rings (SSSR count). The molecule has 2 N–H and O–H groups in total. The summed E-state index contributed by atoms with van der Waals surface area (Å²) < 4.78 is 29.5. The second kappa shape index (κ2) is 8.04. The average molecular weight is 281 g/mol. The number of carbonyl (C=O) groups excluding carboxylic acids is 1. The maximum atomic E-state index is 11.5. The number of hydrogen-bond acceptors (Lipinski definition) is 5. The predicted molar refractivity (Wildman–Crippen MR) is 64.5 cm³/mol. The van der Waals surface area contributed by atoms with Gasteiger partial charge in [-0.3, -0.25) is 9.59 Å². The maximum Gasteiger partial charge on any atom is 0.322 e. The fourth-order valence-electron chi connectivity index (χ4n) is 1.26. The number of carboxylic acids is 1. The topological polar surface area (TPSA) is 110 Å². The predicted octanol–water partition coefficient (Wildman–Crippen LogP) is 0.112. The molecule has 0 saturated heterocycles. The molecule has 0 aromatic carbocycles. The first-order valence-corrected chi connectivity index (χ1v) is 7.36. The molecule has 0 aliphatic heterocycles. The number of aliphatic carboxylic acids is 1. The molecule has 0 aliphatic rings. The van der Waals surface area contributed by atoms with Gasteiger partial charge in [0.15, 0.2) is 5.75 Å². The molecule has 8 heteroatoms. The molecule has 0 heterocycles. The first-order chi connectivity index (χ1) is 8.32. The maximum absolute atomic E-state index is 11.5. The van der Waals surface area contributed by atoms with Crippen LogP contribution in [0.2, 0.25) is 0 Å². The molecule has 0 spiro atoms. The minimum Gasteiger partial charge on any atom is -0.480 e.